The van der Waals surface area contributed by atoms with Crippen molar-refractivity contribution in [2.24, 2.45) is 5.10 Å². The molecule has 0 bridgehead atoms. The summed E-state index contributed by atoms with van der Waals surface area (Å²) in [5.41, 5.74) is 8.82. The number of rotatable bonds is 6. The van der Waals surface area contributed by atoms with Crippen LogP contribution >= 0.6 is 15.9 Å². The fourth-order valence-electron chi connectivity index (χ4n) is 3.05. The zero-order chi connectivity index (χ0) is 21.6. The lowest BCUT2D eigenvalue weighted by molar-refractivity contribution is 1.12. The second-order valence-corrected chi connectivity index (χ2v) is 8.11. The highest BCUT2D eigenvalue weighted by molar-refractivity contribution is 9.10. The molecule has 1 N–H and O–H groups in total. The van der Waals surface area contributed by atoms with Gasteiger partial charge in [0.1, 0.15) is 0 Å². The number of nitrogens with zero attached hydrogens (tertiary/aromatic N) is 4. The normalized spacial score (nSPS) is 10.9. The summed E-state index contributed by atoms with van der Waals surface area (Å²) < 4.78 is 1.02. The minimum atomic E-state index is 0.445. The van der Waals surface area contributed by atoms with Gasteiger partial charge in [-0.3, -0.25) is 0 Å². The van der Waals surface area contributed by atoms with Crippen LogP contribution in [0.4, 0.5) is 11.6 Å². The lowest BCUT2D eigenvalue weighted by Crippen LogP contribution is -2.08. The Labute approximate surface area is 190 Å². The van der Waals surface area contributed by atoms with Gasteiger partial charge in [0.25, 0.3) is 0 Å². The molecule has 4 rings (SSSR count). The van der Waals surface area contributed by atoms with Gasteiger partial charge in [-0.2, -0.15) is 5.10 Å². The van der Waals surface area contributed by atoms with Crippen molar-refractivity contribution >= 4 is 33.8 Å². The second-order valence-electron chi connectivity index (χ2n) is 7.19. The molecule has 0 saturated heterocycles. The maximum Gasteiger partial charge on any atom is 0.244 e. The second kappa shape index (κ2) is 9.53. The number of benzene rings is 3. The van der Waals surface area contributed by atoms with Gasteiger partial charge in [0.15, 0.2) is 0 Å². The number of nitrogens with one attached hydrogen (secondary N) is 1. The van der Waals surface area contributed by atoms with Crippen LogP contribution in [0.3, 0.4) is 0 Å². The van der Waals surface area contributed by atoms with E-state index in [0.29, 0.717) is 5.95 Å². The Kier molecular flexibility index (Phi) is 6.38. The van der Waals surface area contributed by atoms with Crippen molar-refractivity contribution in [3.63, 3.8) is 0 Å². The number of anilines is 2. The molecule has 1 heterocycles. The molecule has 31 heavy (non-hydrogen) atoms. The smallest absolute Gasteiger partial charge is 0.244 e. The van der Waals surface area contributed by atoms with Crippen LogP contribution in [0.25, 0.3) is 22.5 Å². The summed E-state index contributed by atoms with van der Waals surface area (Å²) in [4.78, 5) is 11.4. The van der Waals surface area contributed by atoms with Gasteiger partial charge in [0, 0.05) is 35.4 Å². The van der Waals surface area contributed by atoms with E-state index >= 15 is 0 Å². The summed E-state index contributed by atoms with van der Waals surface area (Å²) in [5.74, 6) is 0.445. The number of halogens is 1. The third kappa shape index (κ3) is 5.35. The van der Waals surface area contributed by atoms with Crippen LogP contribution in [-0.2, 0) is 0 Å². The van der Waals surface area contributed by atoms with E-state index in [0.717, 1.165) is 38.2 Å². The molecule has 154 valence electrons. The van der Waals surface area contributed by atoms with E-state index in [2.05, 4.69) is 53.5 Å². The molecule has 0 aliphatic heterocycles. The highest BCUT2D eigenvalue weighted by Gasteiger charge is 2.08. The van der Waals surface area contributed by atoms with Gasteiger partial charge >= 0.3 is 0 Å². The Morgan fingerprint density at radius 1 is 0.806 bits per heavy atom. The minimum Gasteiger partial charge on any atom is -0.378 e. The molecule has 5 nitrogen and oxygen atoms in total. The quantitative estimate of drug-likeness (QED) is 0.273. The van der Waals surface area contributed by atoms with Crippen molar-refractivity contribution in [1.29, 1.82) is 0 Å². The Balaban J connectivity index is 1.63. The fraction of sp³-hybridized carbons (Fsp3) is 0.0800. The molecule has 0 amide bonds. The van der Waals surface area contributed by atoms with Crippen LogP contribution in [0.15, 0.2) is 94.5 Å². The summed E-state index contributed by atoms with van der Waals surface area (Å²) in [6, 6.07) is 28.3. The van der Waals surface area contributed by atoms with E-state index < -0.39 is 0 Å². The van der Waals surface area contributed by atoms with Gasteiger partial charge in [-0.15, -0.1) is 0 Å². The van der Waals surface area contributed by atoms with Gasteiger partial charge in [-0.05, 0) is 35.9 Å². The average Bonchev–Trinajstić information content (AvgIpc) is 2.80. The lowest BCUT2D eigenvalue weighted by Gasteiger charge is -2.11. The topological polar surface area (TPSA) is 53.4 Å². The Morgan fingerprint density at radius 2 is 1.42 bits per heavy atom. The molecular formula is C25H22BrN5. The van der Waals surface area contributed by atoms with E-state index in [9.17, 15) is 0 Å². The van der Waals surface area contributed by atoms with E-state index in [4.69, 9.17) is 0 Å². The van der Waals surface area contributed by atoms with Gasteiger partial charge < -0.3 is 4.90 Å². The maximum atomic E-state index is 4.67. The van der Waals surface area contributed by atoms with Crippen LogP contribution in [0.1, 0.15) is 5.56 Å². The zero-order valence-corrected chi connectivity index (χ0v) is 18.9. The van der Waals surface area contributed by atoms with Crippen LogP contribution in [0.5, 0.6) is 0 Å². The van der Waals surface area contributed by atoms with Gasteiger partial charge in [0.05, 0.1) is 17.6 Å². The van der Waals surface area contributed by atoms with Crippen molar-refractivity contribution < 1.29 is 0 Å². The standard InChI is InChI=1S/C25H22BrN5/c1-31(2)22-14-8-18(9-15-22)17-27-30-25-28-23(19-6-4-3-5-7-19)16-24(29-25)20-10-12-21(26)13-11-20/h3-17H,1-2H3,(H,28,29,30)/b27-17-. The van der Waals surface area contributed by atoms with Crippen molar-refractivity contribution in [1.82, 2.24) is 9.97 Å². The van der Waals surface area contributed by atoms with Gasteiger partial charge in [-0.25, -0.2) is 15.4 Å². The molecule has 0 atom stereocenters. The maximum absolute atomic E-state index is 4.67. The first kappa shape index (κ1) is 20.8. The molecule has 0 radical (unpaired) electrons. The molecule has 0 spiro atoms. The van der Waals surface area contributed by atoms with Crippen molar-refractivity contribution in [2.75, 3.05) is 24.4 Å². The van der Waals surface area contributed by atoms with Crippen LogP contribution in [-0.4, -0.2) is 30.3 Å². The summed E-state index contributed by atoms with van der Waals surface area (Å²) in [6.07, 6.45) is 1.76. The van der Waals surface area contributed by atoms with E-state index in [1.165, 1.54) is 0 Å². The first-order chi connectivity index (χ1) is 15.1. The molecule has 0 unspecified atom stereocenters. The van der Waals surface area contributed by atoms with Gasteiger partial charge in [-0.1, -0.05) is 70.5 Å². The highest BCUT2D eigenvalue weighted by Crippen LogP contribution is 2.26. The van der Waals surface area contributed by atoms with E-state index in [1.807, 2.05) is 86.9 Å². The predicted octanol–water partition coefficient (Wildman–Crippen LogP) is 6.09. The molecule has 4 aromatic rings. The van der Waals surface area contributed by atoms with E-state index in [-0.39, 0.29) is 0 Å². The SMILES string of the molecule is CN(C)c1ccc(/C=N\Nc2nc(-c3ccccc3)cc(-c3ccc(Br)cc3)n2)cc1. The number of hydrazone groups is 1. The Morgan fingerprint density at radius 3 is 2.03 bits per heavy atom. The van der Waals surface area contributed by atoms with Crippen LogP contribution in [0, 0.1) is 0 Å². The number of aromatic nitrogens is 2. The predicted molar refractivity (Wildman–Crippen MR) is 133 cm³/mol. The fourth-order valence-corrected chi connectivity index (χ4v) is 3.31. The molecule has 6 heteroatoms. The van der Waals surface area contributed by atoms with Crippen LogP contribution in [0.2, 0.25) is 0 Å². The number of hydrogen-bond donors (Lipinski definition) is 1. The van der Waals surface area contributed by atoms with Crippen LogP contribution < -0.4 is 10.3 Å². The van der Waals surface area contributed by atoms with Crippen molar-refractivity contribution in [3.05, 3.63) is 95.0 Å². The molecule has 0 aliphatic rings. The summed E-state index contributed by atoms with van der Waals surface area (Å²) in [7, 11) is 4.04. The van der Waals surface area contributed by atoms with E-state index in [1.54, 1.807) is 6.21 Å². The molecule has 3 aromatic carbocycles. The molecule has 0 fully saturated rings. The first-order valence-corrected chi connectivity index (χ1v) is 10.6. The lowest BCUT2D eigenvalue weighted by atomic mass is 10.1. The summed E-state index contributed by atoms with van der Waals surface area (Å²) in [6.45, 7) is 0. The highest BCUT2D eigenvalue weighted by atomic mass is 79.9. The van der Waals surface area contributed by atoms with Crippen molar-refractivity contribution in [2.45, 2.75) is 0 Å². The third-order valence-corrected chi connectivity index (χ3v) is 5.25. The van der Waals surface area contributed by atoms with Gasteiger partial charge in [0.2, 0.25) is 5.95 Å². The third-order valence-electron chi connectivity index (χ3n) is 4.72. The zero-order valence-electron chi connectivity index (χ0n) is 17.3. The summed E-state index contributed by atoms with van der Waals surface area (Å²) >= 11 is 3.49. The Bertz CT molecular complexity index is 1170. The molecule has 0 aliphatic carbocycles. The molecule has 1 aromatic heterocycles. The molecule has 0 saturated carbocycles. The molecular weight excluding hydrogens is 450 g/mol. The monoisotopic (exact) mass is 471 g/mol. The first-order valence-electron chi connectivity index (χ1n) is 9.85. The largest absolute Gasteiger partial charge is 0.378 e. The Hall–Kier alpha value is -3.51. The van der Waals surface area contributed by atoms with Crippen molar-refractivity contribution in [3.8, 4) is 22.5 Å². The minimum absolute atomic E-state index is 0.445. The number of hydrogen-bond acceptors (Lipinski definition) is 5. The average molecular weight is 472 g/mol. The summed E-state index contributed by atoms with van der Waals surface area (Å²) in [5, 5.41) is 4.35.